The van der Waals surface area contributed by atoms with Crippen LogP contribution in [0.15, 0.2) is 35.5 Å². The first-order chi connectivity index (χ1) is 9.32. The average Bonchev–Trinajstić information content (AvgIpc) is 2.35. The monoisotopic (exact) mass is 278 g/mol. The topological polar surface area (TPSA) is 54.4 Å². The van der Waals surface area contributed by atoms with Crippen molar-refractivity contribution >= 4 is 11.8 Å². The highest BCUT2D eigenvalue weighted by Crippen LogP contribution is 2.12. The molecule has 0 spiro atoms. The minimum absolute atomic E-state index is 0.127. The number of rotatable bonds is 10. The van der Waals surface area contributed by atoms with Gasteiger partial charge in [0.25, 0.3) is 0 Å². The second-order valence-electron chi connectivity index (χ2n) is 5.28. The van der Waals surface area contributed by atoms with E-state index in [1.54, 1.807) is 6.92 Å². The highest BCUT2D eigenvalue weighted by molar-refractivity contribution is 5.94. The van der Waals surface area contributed by atoms with Crippen molar-refractivity contribution in [3.63, 3.8) is 0 Å². The Morgan fingerprint density at radius 1 is 0.900 bits per heavy atom. The molecular formula is C17H26O3. The average molecular weight is 278 g/mol. The molecule has 112 valence electrons. The first-order valence-electron chi connectivity index (χ1n) is 7.04. The van der Waals surface area contributed by atoms with E-state index in [1.807, 2.05) is 19.9 Å². The lowest BCUT2D eigenvalue weighted by Gasteiger charge is -2.02. The molecule has 0 saturated heterocycles. The molecule has 0 radical (unpaired) electrons. The van der Waals surface area contributed by atoms with Crippen LogP contribution in [0.5, 0.6) is 0 Å². The fraction of sp³-hybridized carbons (Fsp3) is 0.529. The van der Waals surface area contributed by atoms with Gasteiger partial charge in [-0.2, -0.15) is 0 Å². The SMILES string of the molecule is C=C(C)C(=O)CCC(C)=CCCC(C)=CCCC(=O)O. The van der Waals surface area contributed by atoms with E-state index < -0.39 is 5.97 Å². The summed E-state index contributed by atoms with van der Waals surface area (Å²) < 4.78 is 0. The van der Waals surface area contributed by atoms with Crippen molar-refractivity contribution in [3.05, 3.63) is 35.5 Å². The Morgan fingerprint density at radius 3 is 1.90 bits per heavy atom. The summed E-state index contributed by atoms with van der Waals surface area (Å²) in [5, 5.41) is 8.55. The van der Waals surface area contributed by atoms with Gasteiger partial charge in [-0.15, -0.1) is 0 Å². The van der Waals surface area contributed by atoms with Crippen LogP contribution in [0.2, 0.25) is 0 Å². The van der Waals surface area contributed by atoms with Crippen LogP contribution >= 0.6 is 0 Å². The van der Waals surface area contributed by atoms with Gasteiger partial charge < -0.3 is 5.11 Å². The molecule has 0 unspecified atom stereocenters. The summed E-state index contributed by atoms with van der Waals surface area (Å²) in [6, 6.07) is 0. The van der Waals surface area contributed by atoms with Crippen LogP contribution in [0.1, 0.15) is 59.3 Å². The van der Waals surface area contributed by atoms with Crippen LogP contribution in [0.4, 0.5) is 0 Å². The van der Waals surface area contributed by atoms with E-state index in [9.17, 15) is 9.59 Å². The number of carbonyl (C=O) groups is 2. The van der Waals surface area contributed by atoms with Crippen LogP contribution < -0.4 is 0 Å². The molecule has 0 aliphatic rings. The molecule has 0 amide bonds. The molecule has 0 bridgehead atoms. The number of aliphatic carboxylic acids is 1. The third-order valence-electron chi connectivity index (χ3n) is 3.10. The van der Waals surface area contributed by atoms with Crippen molar-refractivity contribution in [3.8, 4) is 0 Å². The summed E-state index contributed by atoms with van der Waals surface area (Å²) >= 11 is 0. The summed E-state index contributed by atoms with van der Waals surface area (Å²) in [6.45, 7) is 9.44. The molecule has 0 fully saturated rings. The van der Waals surface area contributed by atoms with Crippen molar-refractivity contribution in [1.82, 2.24) is 0 Å². The molecule has 3 heteroatoms. The fourth-order valence-electron chi connectivity index (χ4n) is 1.72. The van der Waals surface area contributed by atoms with Gasteiger partial charge in [0, 0.05) is 12.8 Å². The Morgan fingerprint density at radius 2 is 1.40 bits per heavy atom. The number of Topliss-reactive ketones (excluding diaryl/α,β-unsaturated/α-hetero) is 1. The zero-order valence-electron chi connectivity index (χ0n) is 12.9. The van der Waals surface area contributed by atoms with Gasteiger partial charge in [-0.3, -0.25) is 9.59 Å². The number of carboxylic acids is 1. The zero-order chi connectivity index (χ0) is 15.5. The van der Waals surface area contributed by atoms with Crippen LogP contribution in [0.3, 0.4) is 0 Å². The van der Waals surface area contributed by atoms with Crippen molar-refractivity contribution in [2.45, 2.75) is 59.3 Å². The molecule has 0 saturated carbocycles. The molecule has 0 heterocycles. The lowest BCUT2D eigenvalue weighted by molar-refractivity contribution is -0.136. The molecule has 0 aliphatic heterocycles. The fourth-order valence-corrected chi connectivity index (χ4v) is 1.72. The molecule has 1 N–H and O–H groups in total. The second-order valence-corrected chi connectivity index (χ2v) is 5.28. The van der Waals surface area contributed by atoms with Gasteiger partial charge in [-0.05, 0) is 52.0 Å². The number of hydrogen-bond acceptors (Lipinski definition) is 2. The predicted octanol–water partition coefficient (Wildman–Crippen LogP) is 4.45. The van der Waals surface area contributed by atoms with Crippen LogP contribution in [0, 0.1) is 0 Å². The number of allylic oxidation sites excluding steroid dienone is 5. The van der Waals surface area contributed by atoms with E-state index in [2.05, 4.69) is 12.7 Å². The molecule has 20 heavy (non-hydrogen) atoms. The number of hydrogen-bond donors (Lipinski definition) is 1. The predicted molar refractivity (Wildman–Crippen MR) is 82.7 cm³/mol. The molecule has 0 aromatic heterocycles. The number of ketones is 1. The zero-order valence-corrected chi connectivity index (χ0v) is 12.9. The second kappa shape index (κ2) is 10.2. The molecule has 0 aromatic carbocycles. The van der Waals surface area contributed by atoms with Gasteiger partial charge in [-0.1, -0.05) is 29.9 Å². The van der Waals surface area contributed by atoms with E-state index in [1.165, 1.54) is 11.1 Å². The maximum atomic E-state index is 11.4. The highest BCUT2D eigenvalue weighted by atomic mass is 16.4. The standard InChI is InChI=1S/C17H26O3/c1-13(2)16(18)12-11-15(4)8-5-7-14(3)9-6-10-17(19)20/h8-9H,1,5-7,10-12H2,2-4H3,(H,19,20). The summed E-state index contributed by atoms with van der Waals surface area (Å²) in [4.78, 5) is 21.8. The van der Waals surface area contributed by atoms with Gasteiger partial charge in [0.15, 0.2) is 5.78 Å². The molecule has 0 rings (SSSR count). The van der Waals surface area contributed by atoms with Gasteiger partial charge in [0.1, 0.15) is 0 Å². The van der Waals surface area contributed by atoms with E-state index in [4.69, 9.17) is 5.11 Å². The van der Waals surface area contributed by atoms with Crippen LogP contribution in [-0.4, -0.2) is 16.9 Å². The third kappa shape index (κ3) is 10.3. The van der Waals surface area contributed by atoms with Gasteiger partial charge in [0.05, 0.1) is 0 Å². The lowest BCUT2D eigenvalue weighted by Crippen LogP contribution is -1.98. The summed E-state index contributed by atoms with van der Waals surface area (Å²) in [7, 11) is 0. The summed E-state index contributed by atoms with van der Waals surface area (Å²) in [6.07, 6.45) is 8.11. The van der Waals surface area contributed by atoms with E-state index >= 15 is 0 Å². The Balaban J connectivity index is 3.95. The van der Waals surface area contributed by atoms with Crippen molar-refractivity contribution in [2.75, 3.05) is 0 Å². The molecule has 0 aromatic rings. The molecular weight excluding hydrogens is 252 g/mol. The Kier molecular flexibility index (Phi) is 9.35. The molecule has 0 aliphatic carbocycles. The Labute approximate surface area is 122 Å². The Bertz CT molecular complexity index is 414. The normalized spacial score (nSPS) is 12.3. The number of carboxylic acid groups (broad SMARTS) is 1. The van der Waals surface area contributed by atoms with E-state index in [-0.39, 0.29) is 12.2 Å². The number of carbonyl (C=O) groups excluding carboxylic acids is 1. The van der Waals surface area contributed by atoms with Crippen LogP contribution in [-0.2, 0) is 9.59 Å². The van der Waals surface area contributed by atoms with Crippen LogP contribution in [0.25, 0.3) is 0 Å². The lowest BCUT2D eigenvalue weighted by atomic mass is 10.0. The van der Waals surface area contributed by atoms with Crippen molar-refractivity contribution < 1.29 is 14.7 Å². The van der Waals surface area contributed by atoms with E-state index in [0.29, 0.717) is 18.4 Å². The molecule has 3 nitrogen and oxygen atoms in total. The summed E-state index contributed by atoms with van der Waals surface area (Å²) in [5.74, 6) is -0.630. The maximum absolute atomic E-state index is 11.4. The Hall–Kier alpha value is -1.64. The van der Waals surface area contributed by atoms with E-state index in [0.717, 1.165) is 19.3 Å². The van der Waals surface area contributed by atoms with Crippen molar-refractivity contribution in [1.29, 1.82) is 0 Å². The smallest absolute Gasteiger partial charge is 0.303 e. The van der Waals surface area contributed by atoms with Crippen molar-refractivity contribution in [2.24, 2.45) is 0 Å². The maximum Gasteiger partial charge on any atom is 0.303 e. The van der Waals surface area contributed by atoms with Gasteiger partial charge in [0.2, 0.25) is 0 Å². The van der Waals surface area contributed by atoms with Gasteiger partial charge >= 0.3 is 5.97 Å². The third-order valence-corrected chi connectivity index (χ3v) is 3.10. The minimum atomic E-state index is -0.757. The molecule has 0 atom stereocenters. The largest absolute Gasteiger partial charge is 0.481 e. The highest BCUT2D eigenvalue weighted by Gasteiger charge is 2.02. The first-order valence-corrected chi connectivity index (χ1v) is 7.04. The minimum Gasteiger partial charge on any atom is -0.481 e. The quantitative estimate of drug-likeness (QED) is 0.474. The van der Waals surface area contributed by atoms with Gasteiger partial charge in [-0.25, -0.2) is 0 Å². The first kappa shape index (κ1) is 18.4. The summed E-state index contributed by atoms with van der Waals surface area (Å²) in [5.41, 5.74) is 3.06.